The second kappa shape index (κ2) is 6.54. The molecule has 0 aliphatic heterocycles. The van der Waals surface area contributed by atoms with Crippen LogP contribution in [0.25, 0.3) is 0 Å². The van der Waals surface area contributed by atoms with Crippen LogP contribution >= 0.6 is 0 Å². The van der Waals surface area contributed by atoms with E-state index in [1.807, 2.05) is 38.1 Å². The van der Waals surface area contributed by atoms with E-state index in [9.17, 15) is 4.79 Å². The number of hydrogen-bond acceptors (Lipinski definition) is 5. The van der Waals surface area contributed by atoms with E-state index in [-0.39, 0.29) is 0 Å². The number of carbonyl (C=O) groups excluding carboxylic acids is 1. The van der Waals surface area contributed by atoms with Gasteiger partial charge in [-0.2, -0.15) is 5.10 Å². The van der Waals surface area contributed by atoms with Crippen LogP contribution in [0.5, 0.6) is 0 Å². The summed E-state index contributed by atoms with van der Waals surface area (Å²) in [7, 11) is 0. The number of aromatic nitrogens is 2. The predicted octanol–water partition coefficient (Wildman–Crippen LogP) is 3.12. The highest BCUT2D eigenvalue weighted by atomic mass is 16.3. The Balaban J connectivity index is 2.01. The van der Waals surface area contributed by atoms with Gasteiger partial charge in [0.15, 0.2) is 5.82 Å². The summed E-state index contributed by atoms with van der Waals surface area (Å²) in [6, 6.07) is 11.0. The second-order valence-electron chi connectivity index (χ2n) is 5.63. The molecule has 0 radical (unpaired) electrons. The standard InChI is InChI=1S/C18H18N4O2/c1-11-8-17(22-20-10-11)21-16-5-3-4-14(18(19)23)15(16)9-13-7-6-12(2)24-13/h3-8,10H,9H2,1-2H3,(H2,19,23)(H,21,22). The topological polar surface area (TPSA) is 94.0 Å². The van der Waals surface area contributed by atoms with Crippen molar-refractivity contribution < 1.29 is 9.21 Å². The molecular weight excluding hydrogens is 304 g/mol. The molecule has 0 aliphatic rings. The molecule has 3 rings (SSSR count). The van der Waals surface area contributed by atoms with Crippen LogP contribution in [0.4, 0.5) is 11.5 Å². The Morgan fingerprint density at radius 2 is 2.08 bits per heavy atom. The molecule has 3 N–H and O–H groups in total. The molecule has 0 unspecified atom stereocenters. The van der Waals surface area contributed by atoms with Gasteiger partial charge in [-0.3, -0.25) is 4.79 Å². The third kappa shape index (κ3) is 3.43. The molecule has 6 nitrogen and oxygen atoms in total. The van der Waals surface area contributed by atoms with Crippen LogP contribution in [0.15, 0.2) is 47.0 Å². The first kappa shape index (κ1) is 15.7. The second-order valence-corrected chi connectivity index (χ2v) is 5.63. The molecule has 24 heavy (non-hydrogen) atoms. The Morgan fingerprint density at radius 1 is 1.25 bits per heavy atom. The molecule has 0 saturated carbocycles. The number of hydrogen-bond donors (Lipinski definition) is 2. The first-order valence-corrected chi connectivity index (χ1v) is 7.56. The van der Waals surface area contributed by atoms with Gasteiger partial charge in [0.2, 0.25) is 5.91 Å². The van der Waals surface area contributed by atoms with Gasteiger partial charge < -0.3 is 15.5 Å². The van der Waals surface area contributed by atoms with Gasteiger partial charge >= 0.3 is 0 Å². The number of nitrogens with zero attached hydrogens (tertiary/aromatic N) is 2. The molecule has 122 valence electrons. The molecular formula is C18H18N4O2. The van der Waals surface area contributed by atoms with Crippen molar-refractivity contribution in [1.82, 2.24) is 10.2 Å². The zero-order valence-corrected chi connectivity index (χ0v) is 13.5. The van der Waals surface area contributed by atoms with Crippen molar-refractivity contribution in [3.05, 3.63) is 70.8 Å². The van der Waals surface area contributed by atoms with Crippen LogP contribution in [0.2, 0.25) is 0 Å². The van der Waals surface area contributed by atoms with Crippen molar-refractivity contribution in [2.24, 2.45) is 5.73 Å². The molecule has 0 aliphatic carbocycles. The Labute approximate surface area is 139 Å². The van der Waals surface area contributed by atoms with Crippen LogP contribution in [-0.2, 0) is 6.42 Å². The predicted molar refractivity (Wildman–Crippen MR) is 91.3 cm³/mol. The number of nitrogens with two attached hydrogens (primary N) is 1. The highest BCUT2D eigenvalue weighted by Crippen LogP contribution is 2.26. The number of carbonyl (C=O) groups is 1. The molecule has 0 bridgehead atoms. The van der Waals surface area contributed by atoms with Crippen molar-refractivity contribution >= 4 is 17.4 Å². The van der Waals surface area contributed by atoms with Crippen LogP contribution in [0, 0.1) is 13.8 Å². The van der Waals surface area contributed by atoms with E-state index in [2.05, 4.69) is 15.5 Å². The van der Waals surface area contributed by atoms with E-state index in [0.29, 0.717) is 17.8 Å². The smallest absolute Gasteiger partial charge is 0.249 e. The summed E-state index contributed by atoms with van der Waals surface area (Å²) in [6.07, 6.45) is 2.13. The van der Waals surface area contributed by atoms with Gasteiger partial charge in [0.05, 0.1) is 6.20 Å². The fraction of sp³-hybridized carbons (Fsp3) is 0.167. The maximum atomic E-state index is 11.8. The van der Waals surface area contributed by atoms with Crippen LogP contribution in [-0.4, -0.2) is 16.1 Å². The summed E-state index contributed by atoms with van der Waals surface area (Å²) in [5.41, 5.74) is 8.49. The van der Waals surface area contributed by atoms with Gasteiger partial charge in [-0.25, -0.2) is 0 Å². The maximum Gasteiger partial charge on any atom is 0.249 e. The van der Waals surface area contributed by atoms with Crippen molar-refractivity contribution in [2.45, 2.75) is 20.3 Å². The summed E-state index contributed by atoms with van der Waals surface area (Å²) >= 11 is 0. The Bertz CT molecular complexity index is 886. The van der Waals surface area contributed by atoms with E-state index in [4.69, 9.17) is 10.2 Å². The molecule has 3 aromatic rings. The zero-order chi connectivity index (χ0) is 17.1. The van der Waals surface area contributed by atoms with Crippen LogP contribution in [0.1, 0.15) is 33.0 Å². The van der Waals surface area contributed by atoms with Crippen molar-refractivity contribution in [1.29, 1.82) is 0 Å². The molecule has 6 heteroatoms. The lowest BCUT2D eigenvalue weighted by molar-refractivity contribution is 0.0999. The maximum absolute atomic E-state index is 11.8. The first-order valence-electron chi connectivity index (χ1n) is 7.56. The molecule has 0 spiro atoms. The average molecular weight is 322 g/mol. The molecule has 2 aromatic heterocycles. The van der Waals surface area contributed by atoms with Gasteiger partial charge in [-0.15, -0.1) is 5.10 Å². The Kier molecular flexibility index (Phi) is 4.29. The minimum atomic E-state index is -0.479. The summed E-state index contributed by atoms with van der Waals surface area (Å²) in [4.78, 5) is 11.8. The third-order valence-corrected chi connectivity index (χ3v) is 3.64. The minimum Gasteiger partial charge on any atom is -0.466 e. The number of aryl methyl sites for hydroxylation is 2. The average Bonchev–Trinajstić information content (AvgIpc) is 2.94. The van der Waals surface area contributed by atoms with E-state index >= 15 is 0 Å². The quantitative estimate of drug-likeness (QED) is 0.752. The summed E-state index contributed by atoms with van der Waals surface area (Å²) in [5, 5.41) is 11.2. The highest BCUT2D eigenvalue weighted by Gasteiger charge is 2.15. The molecule has 0 atom stereocenters. The normalized spacial score (nSPS) is 10.6. The lowest BCUT2D eigenvalue weighted by atomic mass is 10.0. The van der Waals surface area contributed by atoms with Crippen molar-refractivity contribution in [3.8, 4) is 0 Å². The number of anilines is 2. The lowest BCUT2D eigenvalue weighted by Gasteiger charge is -2.14. The largest absolute Gasteiger partial charge is 0.466 e. The summed E-state index contributed by atoms with van der Waals surface area (Å²) in [5.74, 6) is 1.71. The van der Waals surface area contributed by atoms with Gasteiger partial charge in [-0.1, -0.05) is 6.07 Å². The number of amides is 1. The molecule has 2 heterocycles. The van der Waals surface area contributed by atoms with Gasteiger partial charge in [0.1, 0.15) is 11.5 Å². The third-order valence-electron chi connectivity index (χ3n) is 3.64. The van der Waals surface area contributed by atoms with Gasteiger partial charge in [0, 0.05) is 17.7 Å². The lowest BCUT2D eigenvalue weighted by Crippen LogP contribution is -2.15. The Hall–Kier alpha value is -3.15. The monoisotopic (exact) mass is 322 g/mol. The van der Waals surface area contributed by atoms with E-state index < -0.39 is 5.91 Å². The minimum absolute atomic E-state index is 0.453. The first-order chi connectivity index (χ1) is 11.5. The fourth-order valence-corrected chi connectivity index (χ4v) is 2.54. The molecule has 0 fully saturated rings. The zero-order valence-electron chi connectivity index (χ0n) is 13.5. The highest BCUT2D eigenvalue weighted by molar-refractivity contribution is 5.96. The van der Waals surface area contributed by atoms with Crippen LogP contribution in [0.3, 0.4) is 0 Å². The summed E-state index contributed by atoms with van der Waals surface area (Å²) < 4.78 is 5.64. The Morgan fingerprint density at radius 3 is 2.75 bits per heavy atom. The van der Waals surface area contributed by atoms with E-state index in [1.165, 1.54) is 0 Å². The molecule has 0 saturated heterocycles. The number of furan rings is 1. The number of primary amides is 1. The fourth-order valence-electron chi connectivity index (χ4n) is 2.54. The molecule has 1 aromatic carbocycles. The van der Waals surface area contributed by atoms with Crippen molar-refractivity contribution in [3.63, 3.8) is 0 Å². The number of benzene rings is 1. The number of rotatable bonds is 5. The van der Waals surface area contributed by atoms with Crippen molar-refractivity contribution in [2.75, 3.05) is 5.32 Å². The van der Waals surface area contributed by atoms with E-state index in [0.717, 1.165) is 28.3 Å². The number of nitrogens with one attached hydrogen (secondary N) is 1. The van der Waals surface area contributed by atoms with Gasteiger partial charge in [0.25, 0.3) is 0 Å². The van der Waals surface area contributed by atoms with Crippen LogP contribution < -0.4 is 11.1 Å². The SMILES string of the molecule is Cc1cnnc(Nc2cccc(C(N)=O)c2Cc2ccc(C)o2)c1. The molecule has 1 amide bonds. The van der Waals surface area contributed by atoms with Gasteiger partial charge in [-0.05, 0) is 55.3 Å². The van der Waals surface area contributed by atoms with E-state index in [1.54, 1.807) is 18.3 Å². The summed E-state index contributed by atoms with van der Waals surface area (Å²) in [6.45, 7) is 3.82.